The topological polar surface area (TPSA) is 116 Å². The van der Waals surface area contributed by atoms with Gasteiger partial charge < -0.3 is 20.9 Å². The third-order valence-corrected chi connectivity index (χ3v) is 2.71. The molecule has 21 heavy (non-hydrogen) atoms. The predicted octanol–water partition coefficient (Wildman–Crippen LogP) is 1.69. The van der Waals surface area contributed by atoms with E-state index in [1.165, 1.54) is 22.0 Å². The smallest absolute Gasteiger partial charge is 0.328 e. The van der Waals surface area contributed by atoms with Gasteiger partial charge in [-0.3, -0.25) is 0 Å². The summed E-state index contributed by atoms with van der Waals surface area (Å²) >= 11 is 0. The lowest BCUT2D eigenvalue weighted by atomic mass is 10.1. The molecule has 0 fully saturated rings. The van der Waals surface area contributed by atoms with Gasteiger partial charge in [-0.15, -0.1) is 0 Å². The molecule has 1 aromatic heterocycles. The lowest BCUT2D eigenvalue weighted by Gasteiger charge is -1.96. The van der Waals surface area contributed by atoms with Gasteiger partial charge in [-0.05, 0) is 37.6 Å². The number of benzene rings is 1. The lowest BCUT2D eigenvalue weighted by Crippen LogP contribution is -2.01. The zero-order chi connectivity index (χ0) is 15.8. The first kappa shape index (κ1) is 16.5. The number of carbonyl (C=O) groups is 2. The molecule has 0 saturated carbocycles. The number of aryl methyl sites for hydroxylation is 1. The second kappa shape index (κ2) is 7.86. The molecule has 0 bridgehead atoms. The molecule has 0 atom stereocenters. The standard InChI is InChI=1S/C11H14N2.C4H4O4/c1-8-2-3-11-10(6-8)9(4-5-12)7-13-11;5-3(6)1-2-4(7)8/h2-3,6-7,13H,4-5,12H2,1H3;1-2H,(H,5,6)(H,7,8)/b;2-1-. The molecule has 0 spiro atoms. The van der Waals surface area contributed by atoms with E-state index in [1.54, 1.807) is 0 Å². The Kier molecular flexibility index (Phi) is 6.16. The SMILES string of the molecule is Cc1ccc2[nH]cc(CCN)c2c1.O=C(O)/C=C\C(=O)O. The van der Waals surface area contributed by atoms with Crippen LogP contribution in [0.1, 0.15) is 11.1 Å². The molecule has 0 aliphatic heterocycles. The number of aromatic nitrogens is 1. The van der Waals surface area contributed by atoms with Gasteiger partial charge in [-0.1, -0.05) is 11.6 Å². The molecule has 0 unspecified atom stereocenters. The zero-order valence-corrected chi connectivity index (χ0v) is 11.7. The fraction of sp³-hybridized carbons (Fsp3) is 0.200. The summed E-state index contributed by atoms with van der Waals surface area (Å²) in [6.07, 6.45) is 4.12. The fourth-order valence-electron chi connectivity index (χ4n) is 1.80. The Bertz CT molecular complexity index is 643. The highest BCUT2D eigenvalue weighted by Crippen LogP contribution is 2.19. The van der Waals surface area contributed by atoms with Gasteiger partial charge in [-0.25, -0.2) is 9.59 Å². The van der Waals surface area contributed by atoms with E-state index in [2.05, 4.69) is 36.3 Å². The molecule has 0 amide bonds. The van der Waals surface area contributed by atoms with Crippen molar-refractivity contribution in [3.05, 3.63) is 47.7 Å². The first-order valence-electron chi connectivity index (χ1n) is 6.34. The van der Waals surface area contributed by atoms with Gasteiger partial charge in [0.05, 0.1) is 0 Å². The summed E-state index contributed by atoms with van der Waals surface area (Å²) in [4.78, 5) is 22.4. The molecule has 0 radical (unpaired) electrons. The highest BCUT2D eigenvalue weighted by Gasteiger charge is 2.01. The van der Waals surface area contributed by atoms with Gasteiger partial charge in [0.2, 0.25) is 0 Å². The molecule has 1 heterocycles. The normalized spacial score (nSPS) is 10.4. The van der Waals surface area contributed by atoms with Gasteiger partial charge >= 0.3 is 11.9 Å². The number of carboxylic acid groups (broad SMARTS) is 2. The van der Waals surface area contributed by atoms with Crippen LogP contribution in [0.5, 0.6) is 0 Å². The summed E-state index contributed by atoms with van der Waals surface area (Å²) in [6.45, 7) is 2.82. The summed E-state index contributed by atoms with van der Waals surface area (Å²) < 4.78 is 0. The summed E-state index contributed by atoms with van der Waals surface area (Å²) in [5.41, 5.74) is 9.35. The molecule has 2 aromatic rings. The number of rotatable bonds is 4. The van der Waals surface area contributed by atoms with Crippen molar-refractivity contribution in [2.45, 2.75) is 13.3 Å². The Morgan fingerprint density at radius 1 is 1.24 bits per heavy atom. The number of nitrogens with two attached hydrogens (primary N) is 1. The number of aromatic amines is 1. The Hall–Kier alpha value is -2.60. The molecule has 0 aliphatic carbocycles. The summed E-state index contributed by atoms with van der Waals surface area (Å²) in [6, 6.07) is 6.44. The van der Waals surface area contributed by atoms with Crippen molar-refractivity contribution in [2.24, 2.45) is 5.73 Å². The van der Waals surface area contributed by atoms with E-state index < -0.39 is 11.9 Å². The Labute approximate surface area is 121 Å². The Morgan fingerprint density at radius 3 is 2.38 bits per heavy atom. The van der Waals surface area contributed by atoms with Crippen LogP contribution < -0.4 is 5.73 Å². The van der Waals surface area contributed by atoms with Crippen LogP contribution in [0.4, 0.5) is 0 Å². The van der Waals surface area contributed by atoms with Crippen LogP contribution in [0.3, 0.4) is 0 Å². The van der Waals surface area contributed by atoms with Crippen molar-refractivity contribution in [1.29, 1.82) is 0 Å². The molecule has 6 nitrogen and oxygen atoms in total. The average molecular weight is 290 g/mol. The lowest BCUT2D eigenvalue weighted by molar-refractivity contribution is -0.134. The summed E-state index contributed by atoms with van der Waals surface area (Å²) in [7, 11) is 0. The highest BCUT2D eigenvalue weighted by molar-refractivity contribution is 5.89. The molecule has 0 aliphatic rings. The second-order valence-electron chi connectivity index (χ2n) is 4.41. The maximum absolute atomic E-state index is 9.55. The number of fused-ring (bicyclic) bond motifs is 1. The van der Waals surface area contributed by atoms with Crippen LogP contribution in [0.2, 0.25) is 0 Å². The first-order chi connectivity index (χ1) is 9.93. The third kappa shape index (κ3) is 5.50. The van der Waals surface area contributed by atoms with Gasteiger partial charge in [0.25, 0.3) is 0 Å². The van der Waals surface area contributed by atoms with Crippen molar-refractivity contribution >= 4 is 22.8 Å². The third-order valence-electron chi connectivity index (χ3n) is 2.71. The number of H-pyrrole nitrogens is 1. The van der Waals surface area contributed by atoms with E-state index in [-0.39, 0.29) is 0 Å². The average Bonchev–Trinajstić information content (AvgIpc) is 2.80. The monoisotopic (exact) mass is 290 g/mol. The number of hydrogen-bond donors (Lipinski definition) is 4. The van der Waals surface area contributed by atoms with E-state index in [4.69, 9.17) is 15.9 Å². The molecule has 5 N–H and O–H groups in total. The van der Waals surface area contributed by atoms with Crippen molar-refractivity contribution < 1.29 is 19.8 Å². The molecular formula is C15H18N2O4. The van der Waals surface area contributed by atoms with Crippen LogP contribution >= 0.6 is 0 Å². The van der Waals surface area contributed by atoms with Crippen molar-refractivity contribution in [1.82, 2.24) is 4.98 Å². The molecule has 1 aromatic carbocycles. The molecule has 6 heteroatoms. The number of hydrogen-bond acceptors (Lipinski definition) is 3. The number of nitrogens with one attached hydrogen (secondary N) is 1. The maximum atomic E-state index is 9.55. The minimum atomic E-state index is -1.26. The van der Waals surface area contributed by atoms with Gasteiger partial charge in [0.15, 0.2) is 0 Å². The van der Waals surface area contributed by atoms with Crippen LogP contribution in [0.15, 0.2) is 36.5 Å². The van der Waals surface area contributed by atoms with Gasteiger partial charge in [0, 0.05) is 29.3 Å². The van der Waals surface area contributed by atoms with E-state index in [0.717, 1.165) is 6.42 Å². The maximum Gasteiger partial charge on any atom is 0.328 e. The van der Waals surface area contributed by atoms with Crippen LogP contribution in [0.25, 0.3) is 10.9 Å². The molecule has 0 saturated heterocycles. The fourth-order valence-corrected chi connectivity index (χ4v) is 1.80. The summed E-state index contributed by atoms with van der Waals surface area (Å²) in [5, 5.41) is 16.9. The van der Waals surface area contributed by atoms with Gasteiger partial charge in [0.1, 0.15) is 0 Å². The van der Waals surface area contributed by atoms with Crippen molar-refractivity contribution in [2.75, 3.05) is 6.54 Å². The van der Waals surface area contributed by atoms with Crippen molar-refractivity contribution in [3.63, 3.8) is 0 Å². The number of aliphatic carboxylic acids is 2. The highest BCUT2D eigenvalue weighted by atomic mass is 16.4. The summed E-state index contributed by atoms with van der Waals surface area (Å²) in [5.74, 6) is -2.51. The largest absolute Gasteiger partial charge is 0.478 e. The van der Waals surface area contributed by atoms with Crippen LogP contribution in [0, 0.1) is 6.92 Å². The Balaban J connectivity index is 0.000000240. The second-order valence-corrected chi connectivity index (χ2v) is 4.41. The zero-order valence-electron chi connectivity index (χ0n) is 11.7. The Morgan fingerprint density at radius 2 is 1.86 bits per heavy atom. The molecular weight excluding hydrogens is 272 g/mol. The van der Waals surface area contributed by atoms with Crippen LogP contribution in [-0.2, 0) is 16.0 Å². The molecule has 2 rings (SSSR count). The van der Waals surface area contributed by atoms with Crippen LogP contribution in [-0.4, -0.2) is 33.7 Å². The minimum Gasteiger partial charge on any atom is -0.478 e. The van der Waals surface area contributed by atoms with E-state index >= 15 is 0 Å². The van der Waals surface area contributed by atoms with Crippen molar-refractivity contribution in [3.8, 4) is 0 Å². The van der Waals surface area contributed by atoms with E-state index in [1.807, 2.05) is 0 Å². The quantitative estimate of drug-likeness (QED) is 0.639. The van der Waals surface area contributed by atoms with E-state index in [0.29, 0.717) is 18.7 Å². The predicted molar refractivity (Wildman–Crippen MR) is 80.2 cm³/mol. The number of carboxylic acids is 2. The molecule has 112 valence electrons. The first-order valence-corrected chi connectivity index (χ1v) is 6.34. The van der Waals surface area contributed by atoms with E-state index in [9.17, 15) is 9.59 Å². The van der Waals surface area contributed by atoms with Gasteiger partial charge in [-0.2, -0.15) is 0 Å². The minimum absolute atomic E-state index is 0.558.